The lowest BCUT2D eigenvalue weighted by molar-refractivity contribution is -0.119. The molecule has 0 fully saturated rings. The number of amides is 3. The third kappa shape index (κ3) is 4.64. The maximum atomic E-state index is 12.8. The van der Waals surface area contributed by atoms with Crippen LogP contribution in [-0.2, 0) is 16.0 Å². The number of carbonyl (C=O) groups is 3. The number of primary amides is 1. The van der Waals surface area contributed by atoms with Gasteiger partial charge in [-0.25, -0.2) is 0 Å². The van der Waals surface area contributed by atoms with Crippen LogP contribution in [0.4, 0.5) is 11.4 Å². The van der Waals surface area contributed by atoms with Gasteiger partial charge in [-0.1, -0.05) is 18.2 Å². The largest absolute Gasteiger partial charge is 0.369 e. The van der Waals surface area contributed by atoms with Crippen LogP contribution in [-0.4, -0.2) is 43.6 Å². The van der Waals surface area contributed by atoms with E-state index in [1.54, 1.807) is 25.2 Å². The van der Waals surface area contributed by atoms with Crippen molar-refractivity contribution in [3.63, 3.8) is 0 Å². The first kappa shape index (κ1) is 19.8. The van der Waals surface area contributed by atoms with E-state index in [1.807, 2.05) is 29.2 Å². The Balaban J connectivity index is 1.76. The molecule has 1 heterocycles. The van der Waals surface area contributed by atoms with Crippen LogP contribution < -0.4 is 21.3 Å². The van der Waals surface area contributed by atoms with Crippen molar-refractivity contribution in [2.24, 2.45) is 5.73 Å². The van der Waals surface area contributed by atoms with Crippen LogP contribution in [0.5, 0.6) is 0 Å². The molecule has 3 rings (SSSR count). The number of nitrogens with two attached hydrogens (primary N) is 1. The molecule has 0 radical (unpaired) electrons. The van der Waals surface area contributed by atoms with Crippen molar-refractivity contribution in [3.8, 4) is 0 Å². The van der Waals surface area contributed by atoms with E-state index in [0.29, 0.717) is 16.1 Å². The number of hydrogen-bond acceptors (Lipinski definition) is 5. The molecule has 1 aliphatic rings. The third-order valence-corrected chi connectivity index (χ3v) is 5.55. The number of thioether (sulfide) groups is 1. The van der Waals surface area contributed by atoms with E-state index in [2.05, 4.69) is 10.6 Å². The van der Waals surface area contributed by atoms with Crippen LogP contribution in [0, 0.1) is 0 Å². The molecular formula is C20H22N4O3S. The molecule has 0 aromatic heterocycles. The zero-order valence-corrected chi connectivity index (χ0v) is 16.3. The van der Waals surface area contributed by atoms with E-state index in [9.17, 15) is 14.4 Å². The summed E-state index contributed by atoms with van der Waals surface area (Å²) in [6.07, 6.45) is 0.868. The fraction of sp³-hybridized carbons (Fsp3) is 0.250. The van der Waals surface area contributed by atoms with Crippen LogP contribution >= 0.6 is 11.8 Å². The molecule has 0 unspecified atom stereocenters. The average molecular weight is 398 g/mol. The van der Waals surface area contributed by atoms with Crippen molar-refractivity contribution in [3.05, 3.63) is 53.6 Å². The molecule has 0 saturated carbocycles. The van der Waals surface area contributed by atoms with Gasteiger partial charge in [-0.3, -0.25) is 14.4 Å². The first-order valence-electron chi connectivity index (χ1n) is 8.88. The van der Waals surface area contributed by atoms with Crippen molar-refractivity contribution in [1.82, 2.24) is 5.32 Å². The van der Waals surface area contributed by atoms with Crippen LogP contribution in [0.15, 0.2) is 47.4 Å². The number of rotatable bonds is 7. The minimum atomic E-state index is -0.435. The Labute approximate surface area is 167 Å². The number of nitrogens with one attached hydrogen (secondary N) is 2. The summed E-state index contributed by atoms with van der Waals surface area (Å²) in [7, 11) is 1.61. The smallest absolute Gasteiger partial charge is 0.256 e. The molecule has 4 N–H and O–H groups in total. The number of fused-ring (bicyclic) bond motifs is 1. The van der Waals surface area contributed by atoms with Crippen LogP contribution in [0.25, 0.3) is 0 Å². The maximum Gasteiger partial charge on any atom is 0.256 e. The molecular weight excluding hydrogens is 376 g/mol. The van der Waals surface area contributed by atoms with Crippen LogP contribution in [0.2, 0.25) is 0 Å². The fourth-order valence-electron chi connectivity index (χ4n) is 3.07. The highest BCUT2D eigenvalue weighted by molar-refractivity contribution is 8.00. The quantitative estimate of drug-likeness (QED) is 0.615. The third-order valence-electron chi connectivity index (χ3n) is 4.45. The molecule has 0 bridgehead atoms. The normalized spacial score (nSPS) is 12.4. The van der Waals surface area contributed by atoms with Gasteiger partial charge in [-0.15, -0.1) is 11.8 Å². The summed E-state index contributed by atoms with van der Waals surface area (Å²) in [5, 5.41) is 5.54. The van der Waals surface area contributed by atoms with Gasteiger partial charge in [0.25, 0.3) is 5.91 Å². The van der Waals surface area contributed by atoms with Crippen molar-refractivity contribution in [2.75, 3.05) is 36.1 Å². The second-order valence-corrected chi connectivity index (χ2v) is 7.41. The van der Waals surface area contributed by atoms with Gasteiger partial charge >= 0.3 is 0 Å². The summed E-state index contributed by atoms with van der Waals surface area (Å²) in [4.78, 5) is 38.2. The molecule has 0 saturated heterocycles. The Morgan fingerprint density at radius 1 is 1.18 bits per heavy atom. The zero-order chi connectivity index (χ0) is 20.1. The molecule has 0 spiro atoms. The molecule has 2 aromatic rings. The summed E-state index contributed by atoms with van der Waals surface area (Å²) in [6, 6.07) is 12.8. The number of anilines is 2. The van der Waals surface area contributed by atoms with Gasteiger partial charge in [-0.2, -0.15) is 0 Å². The molecule has 0 aliphatic carbocycles. The van der Waals surface area contributed by atoms with Crippen LogP contribution in [0.1, 0.15) is 15.9 Å². The molecule has 3 amide bonds. The van der Waals surface area contributed by atoms with E-state index in [0.717, 1.165) is 24.2 Å². The zero-order valence-electron chi connectivity index (χ0n) is 15.5. The molecule has 1 aliphatic heterocycles. The SMILES string of the molecule is CNC(=O)CN1CCc2ccc(NC(=O)c3ccccc3SCC(N)=O)cc21. The van der Waals surface area contributed by atoms with E-state index in [-0.39, 0.29) is 24.1 Å². The van der Waals surface area contributed by atoms with E-state index >= 15 is 0 Å². The predicted octanol–water partition coefficient (Wildman–Crippen LogP) is 1.62. The number of benzene rings is 2. The standard InChI is InChI=1S/C20H22N4O3S/c1-22-19(26)11-24-9-8-13-6-7-14(10-16(13)24)23-20(27)15-4-2-3-5-17(15)28-12-18(21)25/h2-7,10H,8-9,11-12H2,1H3,(H2,21,25)(H,22,26)(H,23,27). The van der Waals surface area contributed by atoms with Crippen molar-refractivity contribution < 1.29 is 14.4 Å². The highest BCUT2D eigenvalue weighted by atomic mass is 32.2. The lowest BCUT2D eigenvalue weighted by atomic mass is 10.1. The first-order valence-corrected chi connectivity index (χ1v) is 9.86. The first-order chi connectivity index (χ1) is 13.5. The van der Waals surface area contributed by atoms with Gasteiger partial charge in [0.2, 0.25) is 11.8 Å². The average Bonchev–Trinajstić information content (AvgIpc) is 3.08. The number of hydrogen-bond donors (Lipinski definition) is 3. The summed E-state index contributed by atoms with van der Waals surface area (Å²) in [5.41, 5.74) is 8.45. The van der Waals surface area contributed by atoms with Gasteiger partial charge in [0.15, 0.2) is 0 Å². The number of likely N-dealkylation sites (N-methyl/N-ethyl adjacent to an activating group) is 1. The highest BCUT2D eigenvalue weighted by Gasteiger charge is 2.22. The monoisotopic (exact) mass is 398 g/mol. The highest BCUT2D eigenvalue weighted by Crippen LogP contribution is 2.31. The van der Waals surface area contributed by atoms with Crippen molar-refractivity contribution in [1.29, 1.82) is 0 Å². The second kappa shape index (κ2) is 8.79. The van der Waals surface area contributed by atoms with Gasteiger partial charge < -0.3 is 21.3 Å². The molecule has 28 heavy (non-hydrogen) atoms. The maximum absolute atomic E-state index is 12.8. The minimum absolute atomic E-state index is 0.0531. The second-order valence-electron chi connectivity index (χ2n) is 6.39. The molecule has 2 aromatic carbocycles. The Morgan fingerprint density at radius 3 is 2.71 bits per heavy atom. The Kier molecular flexibility index (Phi) is 6.20. The topological polar surface area (TPSA) is 105 Å². The number of nitrogens with zero attached hydrogens (tertiary/aromatic N) is 1. The molecule has 8 heteroatoms. The van der Waals surface area contributed by atoms with Gasteiger partial charge in [0, 0.05) is 29.9 Å². The Hall–Kier alpha value is -3.00. The Bertz CT molecular complexity index is 916. The van der Waals surface area contributed by atoms with Crippen LogP contribution in [0.3, 0.4) is 0 Å². The minimum Gasteiger partial charge on any atom is -0.369 e. The van der Waals surface area contributed by atoms with E-state index < -0.39 is 5.91 Å². The summed E-state index contributed by atoms with van der Waals surface area (Å²) < 4.78 is 0. The van der Waals surface area contributed by atoms with Gasteiger partial charge in [-0.05, 0) is 36.2 Å². The summed E-state index contributed by atoms with van der Waals surface area (Å²) in [5.74, 6) is -0.640. The van der Waals surface area contributed by atoms with E-state index in [4.69, 9.17) is 5.73 Å². The molecule has 7 nitrogen and oxygen atoms in total. The lowest BCUT2D eigenvalue weighted by Gasteiger charge is -2.19. The molecule has 146 valence electrons. The van der Waals surface area contributed by atoms with Gasteiger partial charge in [0.05, 0.1) is 17.9 Å². The summed E-state index contributed by atoms with van der Waals surface area (Å²) >= 11 is 1.24. The lowest BCUT2D eigenvalue weighted by Crippen LogP contribution is -2.34. The van der Waals surface area contributed by atoms with E-state index in [1.165, 1.54) is 11.8 Å². The predicted molar refractivity (Wildman–Crippen MR) is 111 cm³/mol. The summed E-state index contributed by atoms with van der Waals surface area (Å²) in [6.45, 7) is 1.06. The van der Waals surface area contributed by atoms with Gasteiger partial charge in [0.1, 0.15) is 0 Å². The fourth-order valence-corrected chi connectivity index (χ4v) is 3.86. The van der Waals surface area contributed by atoms with Crippen molar-refractivity contribution in [2.45, 2.75) is 11.3 Å². The Morgan fingerprint density at radius 2 is 1.96 bits per heavy atom. The number of carbonyl (C=O) groups excluding carboxylic acids is 3. The molecule has 0 atom stereocenters. The van der Waals surface area contributed by atoms with Crippen molar-refractivity contribution >= 4 is 40.9 Å².